The zero-order chi connectivity index (χ0) is 19.0. The molecule has 27 heavy (non-hydrogen) atoms. The molecule has 142 valence electrons. The highest BCUT2D eigenvalue weighted by Gasteiger charge is 2.28. The maximum absolute atomic E-state index is 12.3. The summed E-state index contributed by atoms with van der Waals surface area (Å²) in [4.78, 5) is 25.0. The molecule has 1 aromatic carbocycles. The number of aromatic nitrogens is 3. The molecule has 3 heterocycles. The quantitative estimate of drug-likeness (QED) is 0.692. The molecule has 0 unspecified atom stereocenters. The number of hydrogen-bond donors (Lipinski definition) is 2. The van der Waals surface area contributed by atoms with Crippen LogP contribution in [-0.4, -0.2) is 44.6 Å². The highest BCUT2D eigenvalue weighted by Crippen LogP contribution is 2.35. The van der Waals surface area contributed by atoms with Gasteiger partial charge in [0.05, 0.1) is 0 Å². The van der Waals surface area contributed by atoms with Gasteiger partial charge in [-0.1, -0.05) is 0 Å². The Labute approximate surface area is 158 Å². The number of nitrogens with one attached hydrogen (secondary N) is 2. The monoisotopic (exact) mass is 366 g/mol. The van der Waals surface area contributed by atoms with E-state index in [9.17, 15) is 4.79 Å². The number of aromatic amines is 2. The topological polar surface area (TPSA) is 74.0 Å². The van der Waals surface area contributed by atoms with Crippen molar-refractivity contribution in [1.82, 2.24) is 19.9 Å². The number of hydrogen-bond acceptors (Lipinski definition) is 3. The number of carbonyl (C=O) groups is 1. The van der Waals surface area contributed by atoms with Gasteiger partial charge in [0.25, 0.3) is 0 Å². The third-order valence-corrected chi connectivity index (χ3v) is 5.07. The minimum absolute atomic E-state index is 0.208. The maximum atomic E-state index is 12.3. The Bertz CT molecular complexity index is 929. The fraction of sp³-hybridized carbons (Fsp3) is 0.429. The lowest BCUT2D eigenvalue weighted by Crippen LogP contribution is -2.41. The fourth-order valence-electron chi connectivity index (χ4n) is 3.75. The van der Waals surface area contributed by atoms with Crippen molar-refractivity contribution < 1.29 is 9.53 Å². The van der Waals surface area contributed by atoms with Crippen LogP contribution in [0.15, 0.2) is 36.8 Å². The van der Waals surface area contributed by atoms with Crippen molar-refractivity contribution in [1.29, 1.82) is 0 Å². The summed E-state index contributed by atoms with van der Waals surface area (Å²) in [6.45, 7) is 7.16. The Morgan fingerprint density at radius 3 is 2.67 bits per heavy atom. The van der Waals surface area contributed by atoms with E-state index < -0.39 is 5.60 Å². The van der Waals surface area contributed by atoms with Gasteiger partial charge in [-0.2, -0.15) is 0 Å². The second-order valence-electron chi connectivity index (χ2n) is 8.18. The first-order valence-corrected chi connectivity index (χ1v) is 9.49. The lowest BCUT2D eigenvalue weighted by atomic mass is 9.89. The molecule has 1 saturated heterocycles. The fourth-order valence-corrected chi connectivity index (χ4v) is 3.75. The van der Waals surface area contributed by atoms with E-state index in [1.54, 1.807) is 6.20 Å². The number of rotatable bonds is 2. The summed E-state index contributed by atoms with van der Waals surface area (Å²) in [6, 6.07) is 6.37. The van der Waals surface area contributed by atoms with Crippen LogP contribution >= 0.6 is 0 Å². The third-order valence-electron chi connectivity index (χ3n) is 5.07. The first kappa shape index (κ1) is 17.6. The minimum Gasteiger partial charge on any atom is -0.444 e. The normalized spacial score (nSPS) is 16.0. The van der Waals surface area contributed by atoms with Crippen molar-refractivity contribution in [2.75, 3.05) is 13.1 Å². The van der Waals surface area contributed by atoms with Gasteiger partial charge in [-0.3, -0.25) is 0 Å². The Morgan fingerprint density at radius 2 is 2.00 bits per heavy atom. The largest absolute Gasteiger partial charge is 0.444 e. The summed E-state index contributed by atoms with van der Waals surface area (Å²) in [5.74, 6) is 1.31. The Hall–Kier alpha value is -2.76. The van der Waals surface area contributed by atoms with Gasteiger partial charge in [-0.25, -0.2) is 9.78 Å². The molecule has 6 nitrogen and oxygen atoms in total. The van der Waals surface area contributed by atoms with Crippen molar-refractivity contribution in [2.45, 2.75) is 45.1 Å². The first-order valence-electron chi connectivity index (χ1n) is 9.49. The molecule has 0 saturated carbocycles. The number of fused-ring (bicyclic) bond motifs is 1. The average Bonchev–Trinajstić information content (AvgIpc) is 3.30. The summed E-state index contributed by atoms with van der Waals surface area (Å²) in [5, 5.41) is 1.24. The number of carbonyl (C=O) groups excluding carboxylic acids is 1. The zero-order valence-corrected chi connectivity index (χ0v) is 16.1. The Morgan fingerprint density at radius 1 is 1.22 bits per heavy atom. The summed E-state index contributed by atoms with van der Waals surface area (Å²) in [6.07, 6.45) is 7.40. The predicted molar refractivity (Wildman–Crippen MR) is 106 cm³/mol. The number of amides is 1. The van der Waals surface area contributed by atoms with E-state index in [2.05, 4.69) is 39.3 Å². The van der Waals surface area contributed by atoms with E-state index in [-0.39, 0.29) is 6.09 Å². The molecule has 0 bridgehead atoms. The van der Waals surface area contributed by atoms with Gasteiger partial charge in [0.1, 0.15) is 11.4 Å². The van der Waals surface area contributed by atoms with Gasteiger partial charge >= 0.3 is 6.09 Å². The van der Waals surface area contributed by atoms with Crippen molar-refractivity contribution in [3.8, 4) is 11.4 Å². The predicted octanol–water partition coefficient (Wildman–Crippen LogP) is 4.67. The number of H-pyrrole nitrogens is 2. The average molecular weight is 366 g/mol. The summed E-state index contributed by atoms with van der Waals surface area (Å²) in [7, 11) is 0. The lowest BCUT2D eigenvalue weighted by Gasteiger charge is -2.33. The SMILES string of the molecule is CC(C)(C)OC(=O)N1CCC(c2c[nH]c3ccc(-c4ncc[nH]4)cc23)CC1. The second-order valence-corrected chi connectivity index (χ2v) is 8.18. The highest BCUT2D eigenvalue weighted by molar-refractivity contribution is 5.87. The van der Waals surface area contributed by atoms with Crippen molar-refractivity contribution in [2.24, 2.45) is 0 Å². The Kier molecular flexibility index (Phi) is 4.42. The molecular formula is C21H26N4O2. The highest BCUT2D eigenvalue weighted by atomic mass is 16.6. The van der Waals surface area contributed by atoms with E-state index in [0.717, 1.165) is 42.8 Å². The summed E-state index contributed by atoms with van der Waals surface area (Å²) < 4.78 is 5.50. The summed E-state index contributed by atoms with van der Waals surface area (Å²) >= 11 is 0. The second kappa shape index (κ2) is 6.76. The van der Waals surface area contributed by atoms with Crippen LogP contribution in [0.2, 0.25) is 0 Å². The van der Waals surface area contributed by atoms with E-state index in [0.29, 0.717) is 5.92 Å². The molecule has 0 aliphatic carbocycles. The van der Waals surface area contributed by atoms with Crippen LogP contribution in [0.3, 0.4) is 0 Å². The number of nitrogens with zero attached hydrogens (tertiary/aromatic N) is 2. The first-order chi connectivity index (χ1) is 12.9. The van der Waals surface area contributed by atoms with Crippen LogP contribution in [0.5, 0.6) is 0 Å². The lowest BCUT2D eigenvalue weighted by molar-refractivity contribution is 0.0205. The molecule has 0 spiro atoms. The van der Waals surface area contributed by atoms with Crippen LogP contribution in [0, 0.1) is 0 Å². The molecule has 0 radical (unpaired) electrons. The zero-order valence-electron chi connectivity index (χ0n) is 16.1. The number of ether oxygens (including phenoxy) is 1. The molecule has 3 aromatic rings. The van der Waals surface area contributed by atoms with Gasteiger partial charge in [-0.05, 0) is 63.3 Å². The van der Waals surface area contributed by atoms with E-state index in [4.69, 9.17) is 4.74 Å². The van der Waals surface area contributed by atoms with Gasteiger partial charge in [0.15, 0.2) is 0 Å². The number of benzene rings is 1. The molecular weight excluding hydrogens is 340 g/mol. The molecule has 1 amide bonds. The molecule has 6 heteroatoms. The van der Waals surface area contributed by atoms with Crippen LogP contribution < -0.4 is 0 Å². The van der Waals surface area contributed by atoms with Crippen molar-refractivity contribution in [3.63, 3.8) is 0 Å². The smallest absolute Gasteiger partial charge is 0.410 e. The van der Waals surface area contributed by atoms with E-state index >= 15 is 0 Å². The number of imidazole rings is 1. The maximum Gasteiger partial charge on any atom is 0.410 e. The van der Waals surface area contributed by atoms with Gasteiger partial charge < -0.3 is 19.6 Å². The summed E-state index contributed by atoms with van der Waals surface area (Å²) in [5.41, 5.74) is 3.09. The van der Waals surface area contributed by atoms with Crippen LogP contribution in [-0.2, 0) is 4.74 Å². The standard InChI is InChI=1S/C21H26N4O2/c1-21(2,3)27-20(26)25-10-6-14(7-11-25)17-13-24-18-5-4-15(12-16(17)18)19-22-8-9-23-19/h4-5,8-9,12-14,24H,6-7,10-11H2,1-3H3,(H,22,23). The molecule has 1 aliphatic heterocycles. The van der Waals surface area contributed by atoms with E-state index in [1.807, 2.05) is 31.9 Å². The number of likely N-dealkylation sites (tertiary alicyclic amines) is 1. The Balaban J connectivity index is 1.51. The van der Waals surface area contributed by atoms with E-state index in [1.165, 1.54) is 10.9 Å². The third kappa shape index (κ3) is 3.70. The van der Waals surface area contributed by atoms with Gasteiger partial charge in [0, 0.05) is 48.1 Å². The van der Waals surface area contributed by atoms with Crippen LogP contribution in [0.1, 0.15) is 45.1 Å². The van der Waals surface area contributed by atoms with Crippen LogP contribution in [0.4, 0.5) is 4.79 Å². The molecule has 2 aromatic heterocycles. The molecule has 2 N–H and O–H groups in total. The van der Waals surface area contributed by atoms with Crippen molar-refractivity contribution in [3.05, 3.63) is 42.4 Å². The minimum atomic E-state index is -0.451. The van der Waals surface area contributed by atoms with Gasteiger partial charge in [-0.15, -0.1) is 0 Å². The number of piperidine rings is 1. The molecule has 1 aliphatic rings. The molecule has 4 rings (SSSR count). The van der Waals surface area contributed by atoms with Gasteiger partial charge in [0.2, 0.25) is 0 Å². The van der Waals surface area contributed by atoms with Crippen LogP contribution in [0.25, 0.3) is 22.3 Å². The molecule has 1 fully saturated rings. The molecule has 0 atom stereocenters. The van der Waals surface area contributed by atoms with Crippen molar-refractivity contribution >= 4 is 17.0 Å².